The van der Waals surface area contributed by atoms with E-state index in [-0.39, 0.29) is 19.3 Å². The minimum atomic E-state index is -4.93. The Bertz CT molecular complexity index is 1940. The maximum atomic E-state index is 12.9. The van der Waals surface area contributed by atoms with Crippen LogP contribution in [0.5, 0.6) is 0 Å². The third-order valence-corrected chi connectivity index (χ3v) is 15.2. The number of aliphatic hydroxyl groups excluding tert-OH is 2. The Morgan fingerprint density at radius 1 is 0.341 bits per heavy atom. The van der Waals surface area contributed by atoms with Crippen molar-refractivity contribution in [3.05, 3.63) is 97.2 Å². The van der Waals surface area contributed by atoms with Crippen molar-refractivity contribution < 1.29 is 75.8 Å². The maximum Gasteiger partial charge on any atom is 0.472 e. The first kappa shape index (κ1) is 81.5. The molecule has 0 bridgehead atoms. The summed E-state index contributed by atoms with van der Waals surface area (Å²) < 4.78 is 60.7. The molecule has 0 amide bonds. The lowest BCUT2D eigenvalue weighted by Gasteiger charge is -2.21. The van der Waals surface area contributed by atoms with Crippen molar-refractivity contribution >= 4 is 33.6 Å². The van der Waals surface area contributed by atoms with E-state index in [0.29, 0.717) is 25.7 Å². The van der Waals surface area contributed by atoms with Gasteiger partial charge in [0.1, 0.15) is 25.4 Å². The van der Waals surface area contributed by atoms with Gasteiger partial charge in [-0.1, -0.05) is 240 Å². The second kappa shape index (κ2) is 60.7. The summed E-state index contributed by atoms with van der Waals surface area (Å²) in [5.41, 5.74) is 0. The van der Waals surface area contributed by atoms with Crippen LogP contribution in [0.1, 0.15) is 252 Å². The maximum absolute atomic E-state index is 12.9. The first-order chi connectivity index (χ1) is 41.2. The lowest BCUT2D eigenvalue weighted by molar-refractivity contribution is -0.161. The fourth-order valence-electron chi connectivity index (χ4n) is 8.38. The first-order valence-electron chi connectivity index (χ1n) is 32.5. The van der Waals surface area contributed by atoms with Crippen LogP contribution in [0.2, 0.25) is 0 Å². The predicted molar refractivity (Wildman–Crippen MR) is 344 cm³/mol. The van der Waals surface area contributed by atoms with Gasteiger partial charge in [0.25, 0.3) is 0 Å². The van der Waals surface area contributed by atoms with Gasteiger partial charge in [0.05, 0.1) is 26.4 Å². The molecule has 0 aromatic heterocycles. The number of hydrogen-bond donors (Lipinski definition) is 4. The van der Waals surface area contributed by atoms with Crippen molar-refractivity contribution in [1.82, 2.24) is 0 Å². The largest absolute Gasteiger partial charge is 0.472 e. The molecule has 0 heterocycles. The second-order valence-corrected chi connectivity index (χ2v) is 24.4. The van der Waals surface area contributed by atoms with Crippen molar-refractivity contribution in [2.45, 2.75) is 270 Å². The van der Waals surface area contributed by atoms with Crippen LogP contribution in [0.25, 0.3) is 0 Å². The van der Waals surface area contributed by atoms with Gasteiger partial charge in [-0.05, 0) is 89.9 Å². The first-order valence-corrected chi connectivity index (χ1v) is 35.5. The number of rotatable bonds is 61. The Kier molecular flexibility index (Phi) is 58.2. The molecule has 5 unspecified atom stereocenters. The number of allylic oxidation sites excluding steroid dienone is 16. The fourth-order valence-corrected chi connectivity index (χ4v) is 9.97. The average Bonchev–Trinajstić information content (AvgIpc) is 3.48. The minimum absolute atomic E-state index is 0.103. The van der Waals surface area contributed by atoms with Gasteiger partial charge >= 0.3 is 33.6 Å². The Morgan fingerprint density at radius 3 is 1.04 bits per heavy atom. The van der Waals surface area contributed by atoms with Crippen molar-refractivity contribution in [2.75, 3.05) is 39.6 Å². The van der Waals surface area contributed by atoms with Crippen molar-refractivity contribution in [3.63, 3.8) is 0 Å². The molecular weight excluding hydrogens is 1120 g/mol. The van der Waals surface area contributed by atoms with E-state index in [1.165, 1.54) is 64.2 Å². The SMILES string of the molecule is CC/C=C\C/C=C\C/C=C\C/C=C\C/C=C\CCCC(=O)OCC(O)COP(=O)(O)OCC(O)COP(=O)(O)OCC(COC(=O)CCCCCCCCC/C=C\C/C=C\C/C=C\CC)OC(=O)CCCCCCCCCCCCCCCCC. The monoisotopic (exact) mass is 1240 g/mol. The van der Waals surface area contributed by atoms with Crippen LogP contribution in [0.3, 0.4) is 0 Å². The number of carbonyl (C=O) groups is 3. The molecule has 0 spiro atoms. The van der Waals surface area contributed by atoms with E-state index in [0.717, 1.165) is 122 Å². The van der Waals surface area contributed by atoms with Crippen LogP contribution in [0.4, 0.5) is 0 Å². The van der Waals surface area contributed by atoms with Gasteiger partial charge in [-0.2, -0.15) is 0 Å². The third kappa shape index (κ3) is 61.9. The Hall–Kier alpha value is -3.53. The topological polar surface area (TPSA) is 231 Å². The molecule has 0 aliphatic heterocycles. The van der Waals surface area contributed by atoms with Gasteiger partial charge in [-0.15, -0.1) is 0 Å². The van der Waals surface area contributed by atoms with Crippen molar-refractivity contribution in [3.8, 4) is 0 Å². The molecule has 0 saturated carbocycles. The quantitative estimate of drug-likeness (QED) is 0.0146. The van der Waals surface area contributed by atoms with Gasteiger partial charge in [-0.3, -0.25) is 32.5 Å². The zero-order valence-electron chi connectivity index (χ0n) is 52.8. The number of aliphatic hydroxyl groups is 2. The summed E-state index contributed by atoms with van der Waals surface area (Å²) in [6.07, 6.45) is 64.7. The smallest absolute Gasteiger partial charge is 0.463 e. The molecular formula is C67H116O16P2. The standard InChI is InChI=1S/C67H116O16P2/c1-4-7-10-13-16-19-22-25-28-30-33-35-38-41-44-47-50-53-65(70)77-56-62(68)57-79-84(73,74)80-58-63(69)59-81-85(75,76)82-61-64(83-67(72)55-52-49-46-43-40-37-32-27-24-21-18-15-12-9-6-3)60-78-66(71)54-51-48-45-42-39-36-34-31-29-26-23-20-17-14-11-8-5-2/h7-8,10-11,16-17,19-20,25-26,28-29,33,35,41,44,62-64,68-69H,4-6,9,12-15,18,21-24,27,30-32,34,36-40,42-43,45-61H2,1-3H3,(H,73,74)(H,75,76)/b10-7-,11-8-,19-16-,20-17-,28-25-,29-26-,35-33-,44-41-. The molecule has 0 fully saturated rings. The van der Waals surface area contributed by atoms with Crippen LogP contribution in [-0.2, 0) is 55.8 Å². The van der Waals surface area contributed by atoms with Crippen LogP contribution in [-0.4, -0.2) is 95.9 Å². The van der Waals surface area contributed by atoms with Gasteiger partial charge in [-0.25, -0.2) is 9.13 Å². The molecule has 5 atom stereocenters. The van der Waals surface area contributed by atoms with Gasteiger partial charge < -0.3 is 34.2 Å². The number of phosphoric acid groups is 2. The van der Waals surface area contributed by atoms with E-state index in [1.807, 2.05) is 12.2 Å². The normalized spacial score (nSPS) is 15.0. The number of carbonyl (C=O) groups excluding carboxylic acids is 3. The summed E-state index contributed by atoms with van der Waals surface area (Å²) in [4.78, 5) is 58.3. The Balaban J connectivity index is 4.75. The number of phosphoric ester groups is 2. The molecule has 0 aliphatic rings. The van der Waals surface area contributed by atoms with E-state index >= 15 is 0 Å². The van der Waals surface area contributed by atoms with Gasteiger partial charge in [0, 0.05) is 19.3 Å². The molecule has 4 N–H and O–H groups in total. The highest BCUT2D eigenvalue weighted by Crippen LogP contribution is 2.45. The Morgan fingerprint density at radius 2 is 0.635 bits per heavy atom. The van der Waals surface area contributed by atoms with Crippen LogP contribution in [0, 0.1) is 0 Å². The number of ether oxygens (including phenoxy) is 3. The molecule has 0 aromatic rings. The zero-order chi connectivity index (χ0) is 62.4. The van der Waals surface area contributed by atoms with Crippen LogP contribution in [0.15, 0.2) is 97.2 Å². The summed E-state index contributed by atoms with van der Waals surface area (Å²) in [6, 6.07) is 0. The minimum Gasteiger partial charge on any atom is -0.463 e. The molecule has 16 nitrogen and oxygen atoms in total. The van der Waals surface area contributed by atoms with Crippen molar-refractivity contribution in [1.29, 1.82) is 0 Å². The third-order valence-electron chi connectivity index (χ3n) is 13.3. The molecule has 0 saturated heterocycles. The number of esters is 3. The predicted octanol–water partition coefficient (Wildman–Crippen LogP) is 17.5. The fraction of sp³-hybridized carbons (Fsp3) is 0.716. The van der Waals surface area contributed by atoms with Gasteiger partial charge in [0.15, 0.2) is 6.10 Å². The summed E-state index contributed by atoms with van der Waals surface area (Å²) in [5.74, 6) is -1.64. The van der Waals surface area contributed by atoms with Gasteiger partial charge in [0.2, 0.25) is 0 Å². The average molecular weight is 1240 g/mol. The summed E-state index contributed by atoms with van der Waals surface area (Å²) in [6.45, 7) is 2.37. The van der Waals surface area contributed by atoms with Crippen LogP contribution >= 0.6 is 15.6 Å². The molecule has 0 rings (SSSR count). The second-order valence-electron chi connectivity index (χ2n) is 21.5. The highest BCUT2D eigenvalue weighted by atomic mass is 31.2. The van der Waals surface area contributed by atoms with E-state index in [4.69, 9.17) is 32.3 Å². The summed E-state index contributed by atoms with van der Waals surface area (Å²) in [7, 11) is -9.78. The van der Waals surface area contributed by atoms with Crippen molar-refractivity contribution in [2.24, 2.45) is 0 Å². The number of unbranched alkanes of at least 4 members (excludes halogenated alkanes) is 22. The molecule has 18 heteroatoms. The number of hydrogen-bond acceptors (Lipinski definition) is 14. The Labute approximate surface area is 514 Å². The van der Waals surface area contributed by atoms with Crippen LogP contribution < -0.4 is 0 Å². The summed E-state index contributed by atoms with van der Waals surface area (Å²) in [5, 5.41) is 20.5. The lowest BCUT2D eigenvalue weighted by Crippen LogP contribution is -2.30. The van der Waals surface area contributed by atoms with E-state index in [2.05, 4.69) is 106 Å². The zero-order valence-corrected chi connectivity index (χ0v) is 54.5. The molecule has 0 aliphatic carbocycles. The summed E-state index contributed by atoms with van der Waals surface area (Å²) >= 11 is 0. The van der Waals surface area contributed by atoms with E-state index in [9.17, 15) is 43.5 Å². The van der Waals surface area contributed by atoms with E-state index < -0.39 is 91.5 Å². The molecule has 0 aromatic carbocycles. The molecule has 490 valence electrons. The highest BCUT2D eigenvalue weighted by Gasteiger charge is 2.29. The van der Waals surface area contributed by atoms with E-state index in [1.54, 1.807) is 0 Å². The molecule has 85 heavy (non-hydrogen) atoms. The molecule has 0 radical (unpaired) electrons. The lowest BCUT2D eigenvalue weighted by atomic mass is 10.0. The highest BCUT2D eigenvalue weighted by molar-refractivity contribution is 7.47.